The number of carbonyl (C=O) groups excluding carboxylic acids is 1. The number of amides is 1. The standard InChI is InChI=1S/C13H17NO2/c15-12-7-6-11(8-12)13(16)14-9-10-4-2-1-3-5-10/h1-5,11-12,15H,6-9H2,(H,14,16)/t11-,12-/m0/s1. The maximum Gasteiger partial charge on any atom is 0.223 e. The summed E-state index contributed by atoms with van der Waals surface area (Å²) < 4.78 is 0. The van der Waals surface area contributed by atoms with Crippen LogP contribution in [0.15, 0.2) is 30.3 Å². The van der Waals surface area contributed by atoms with Gasteiger partial charge in [-0.25, -0.2) is 0 Å². The number of aliphatic hydroxyl groups is 1. The molecule has 0 heterocycles. The molecule has 0 bridgehead atoms. The summed E-state index contributed by atoms with van der Waals surface area (Å²) >= 11 is 0. The Kier molecular flexibility index (Phi) is 3.57. The first-order valence-electron chi connectivity index (χ1n) is 5.75. The van der Waals surface area contributed by atoms with Crippen molar-refractivity contribution in [1.82, 2.24) is 5.32 Å². The maximum absolute atomic E-state index is 11.7. The van der Waals surface area contributed by atoms with Gasteiger partial charge in [-0.1, -0.05) is 30.3 Å². The van der Waals surface area contributed by atoms with E-state index in [0.717, 1.165) is 18.4 Å². The molecule has 16 heavy (non-hydrogen) atoms. The molecule has 0 unspecified atom stereocenters. The van der Waals surface area contributed by atoms with Crippen LogP contribution in [-0.4, -0.2) is 17.1 Å². The topological polar surface area (TPSA) is 49.3 Å². The average molecular weight is 219 g/mol. The van der Waals surface area contributed by atoms with Gasteiger partial charge >= 0.3 is 0 Å². The second-order valence-electron chi connectivity index (χ2n) is 4.37. The molecule has 1 fully saturated rings. The quantitative estimate of drug-likeness (QED) is 0.808. The van der Waals surface area contributed by atoms with Crippen molar-refractivity contribution in [2.24, 2.45) is 5.92 Å². The highest BCUT2D eigenvalue weighted by Crippen LogP contribution is 2.25. The molecule has 1 amide bonds. The molecule has 86 valence electrons. The van der Waals surface area contributed by atoms with Gasteiger partial charge in [-0.2, -0.15) is 0 Å². The molecule has 0 aromatic heterocycles. The van der Waals surface area contributed by atoms with Crippen LogP contribution in [0.3, 0.4) is 0 Å². The number of hydrogen-bond donors (Lipinski definition) is 2. The molecule has 0 aliphatic heterocycles. The van der Waals surface area contributed by atoms with Crippen LogP contribution in [-0.2, 0) is 11.3 Å². The van der Waals surface area contributed by atoms with Gasteiger partial charge in [0.1, 0.15) is 0 Å². The zero-order chi connectivity index (χ0) is 11.4. The van der Waals surface area contributed by atoms with Crippen LogP contribution < -0.4 is 5.32 Å². The Morgan fingerprint density at radius 2 is 2.06 bits per heavy atom. The van der Waals surface area contributed by atoms with Crippen molar-refractivity contribution in [2.45, 2.75) is 31.9 Å². The van der Waals surface area contributed by atoms with Crippen molar-refractivity contribution in [2.75, 3.05) is 0 Å². The predicted octanol–water partition coefficient (Wildman–Crippen LogP) is 1.46. The molecule has 1 saturated carbocycles. The summed E-state index contributed by atoms with van der Waals surface area (Å²) in [6.45, 7) is 0.576. The van der Waals surface area contributed by atoms with Crippen LogP contribution in [0.25, 0.3) is 0 Å². The molecule has 1 aliphatic rings. The molecule has 3 heteroatoms. The second-order valence-corrected chi connectivity index (χ2v) is 4.37. The molecule has 0 saturated heterocycles. The highest BCUT2D eigenvalue weighted by molar-refractivity contribution is 5.78. The fourth-order valence-corrected chi connectivity index (χ4v) is 2.13. The van der Waals surface area contributed by atoms with Gasteiger partial charge in [0, 0.05) is 12.5 Å². The third kappa shape index (κ3) is 2.83. The summed E-state index contributed by atoms with van der Waals surface area (Å²) in [5.74, 6) is 0.0686. The highest BCUT2D eigenvalue weighted by Gasteiger charge is 2.28. The number of carbonyl (C=O) groups is 1. The molecule has 1 aromatic carbocycles. The van der Waals surface area contributed by atoms with E-state index in [4.69, 9.17) is 0 Å². The molecule has 2 N–H and O–H groups in total. The fraction of sp³-hybridized carbons (Fsp3) is 0.462. The minimum absolute atomic E-state index is 0.00119. The minimum Gasteiger partial charge on any atom is -0.393 e. The lowest BCUT2D eigenvalue weighted by Gasteiger charge is -2.10. The lowest BCUT2D eigenvalue weighted by Crippen LogP contribution is -2.29. The van der Waals surface area contributed by atoms with Gasteiger partial charge in [-0.05, 0) is 24.8 Å². The summed E-state index contributed by atoms with van der Waals surface area (Å²) in [6.07, 6.45) is 1.89. The largest absolute Gasteiger partial charge is 0.393 e. The van der Waals surface area contributed by atoms with Gasteiger partial charge < -0.3 is 10.4 Å². The molecular formula is C13H17NO2. The molecule has 1 aromatic rings. The van der Waals surface area contributed by atoms with E-state index in [1.807, 2.05) is 30.3 Å². The van der Waals surface area contributed by atoms with E-state index in [0.29, 0.717) is 13.0 Å². The van der Waals surface area contributed by atoms with Crippen molar-refractivity contribution in [1.29, 1.82) is 0 Å². The number of aliphatic hydroxyl groups excluding tert-OH is 1. The normalized spacial score (nSPS) is 24.3. The van der Waals surface area contributed by atoms with Crippen LogP contribution >= 0.6 is 0 Å². The van der Waals surface area contributed by atoms with E-state index in [9.17, 15) is 9.90 Å². The lowest BCUT2D eigenvalue weighted by atomic mass is 10.1. The SMILES string of the molecule is O=C(NCc1ccccc1)[C@H]1CC[C@H](O)C1. The number of rotatable bonds is 3. The fourth-order valence-electron chi connectivity index (χ4n) is 2.13. The summed E-state index contributed by atoms with van der Waals surface area (Å²) in [7, 11) is 0. The molecule has 2 rings (SSSR count). The minimum atomic E-state index is -0.285. The van der Waals surface area contributed by atoms with E-state index in [-0.39, 0.29) is 17.9 Å². The van der Waals surface area contributed by atoms with Crippen molar-refractivity contribution in [3.63, 3.8) is 0 Å². The van der Waals surface area contributed by atoms with Crippen LogP contribution in [0, 0.1) is 5.92 Å². The summed E-state index contributed by atoms with van der Waals surface area (Å²) in [4.78, 5) is 11.7. The molecule has 0 radical (unpaired) electrons. The van der Waals surface area contributed by atoms with Crippen LogP contribution in [0.5, 0.6) is 0 Å². The summed E-state index contributed by atoms with van der Waals surface area (Å²) in [5.41, 5.74) is 1.11. The van der Waals surface area contributed by atoms with E-state index < -0.39 is 0 Å². The van der Waals surface area contributed by atoms with Crippen LogP contribution in [0.2, 0.25) is 0 Å². The highest BCUT2D eigenvalue weighted by atomic mass is 16.3. The first-order chi connectivity index (χ1) is 7.75. The Balaban J connectivity index is 1.80. The Hall–Kier alpha value is -1.35. The zero-order valence-corrected chi connectivity index (χ0v) is 9.23. The zero-order valence-electron chi connectivity index (χ0n) is 9.23. The van der Waals surface area contributed by atoms with Crippen molar-refractivity contribution in [3.05, 3.63) is 35.9 Å². The molecule has 2 atom stereocenters. The van der Waals surface area contributed by atoms with E-state index in [1.165, 1.54) is 0 Å². The van der Waals surface area contributed by atoms with Crippen LogP contribution in [0.4, 0.5) is 0 Å². The van der Waals surface area contributed by atoms with E-state index in [2.05, 4.69) is 5.32 Å². The molecule has 3 nitrogen and oxygen atoms in total. The number of hydrogen-bond acceptors (Lipinski definition) is 2. The van der Waals surface area contributed by atoms with E-state index in [1.54, 1.807) is 0 Å². The number of nitrogens with one attached hydrogen (secondary N) is 1. The third-order valence-corrected chi connectivity index (χ3v) is 3.09. The monoisotopic (exact) mass is 219 g/mol. The van der Waals surface area contributed by atoms with Crippen molar-refractivity contribution in [3.8, 4) is 0 Å². The Morgan fingerprint density at radius 3 is 2.69 bits per heavy atom. The second kappa shape index (κ2) is 5.12. The smallest absolute Gasteiger partial charge is 0.223 e. The van der Waals surface area contributed by atoms with Gasteiger partial charge in [0.2, 0.25) is 5.91 Å². The summed E-state index contributed by atoms with van der Waals surface area (Å²) in [5, 5.41) is 12.3. The van der Waals surface area contributed by atoms with Gasteiger partial charge in [0.15, 0.2) is 0 Å². The Morgan fingerprint density at radius 1 is 1.31 bits per heavy atom. The van der Waals surface area contributed by atoms with Gasteiger partial charge in [-0.15, -0.1) is 0 Å². The van der Waals surface area contributed by atoms with Crippen LogP contribution in [0.1, 0.15) is 24.8 Å². The predicted molar refractivity (Wildman–Crippen MR) is 61.6 cm³/mol. The van der Waals surface area contributed by atoms with Gasteiger partial charge in [0.05, 0.1) is 6.10 Å². The van der Waals surface area contributed by atoms with E-state index >= 15 is 0 Å². The number of benzene rings is 1. The average Bonchev–Trinajstić information content (AvgIpc) is 2.74. The molecule has 1 aliphatic carbocycles. The first kappa shape index (κ1) is 11.1. The first-order valence-corrected chi connectivity index (χ1v) is 5.75. The third-order valence-electron chi connectivity index (χ3n) is 3.09. The molecule has 0 spiro atoms. The molecular weight excluding hydrogens is 202 g/mol. The maximum atomic E-state index is 11.7. The van der Waals surface area contributed by atoms with Crippen molar-refractivity contribution >= 4 is 5.91 Å². The van der Waals surface area contributed by atoms with Gasteiger partial charge in [0.25, 0.3) is 0 Å². The lowest BCUT2D eigenvalue weighted by molar-refractivity contribution is -0.125. The Bertz CT molecular complexity index is 350. The summed E-state index contributed by atoms with van der Waals surface area (Å²) in [6, 6.07) is 9.85. The van der Waals surface area contributed by atoms with Crippen molar-refractivity contribution < 1.29 is 9.90 Å². The Labute approximate surface area is 95.5 Å². The van der Waals surface area contributed by atoms with Gasteiger partial charge in [-0.3, -0.25) is 4.79 Å².